The minimum Gasteiger partial charge on any atom is -0.327 e. The maximum absolute atomic E-state index is 11.9. The fraction of sp³-hybridized carbons (Fsp3) is 0.500. The van der Waals surface area contributed by atoms with E-state index in [0.717, 1.165) is 9.47 Å². The average Bonchev–Trinajstić information content (AvgIpc) is 2.64. The lowest BCUT2D eigenvalue weighted by molar-refractivity contribution is -0.136. The molecule has 0 spiro atoms. The van der Waals surface area contributed by atoms with Gasteiger partial charge in [0.1, 0.15) is 6.33 Å². The Morgan fingerprint density at radius 1 is 1.53 bits per heavy atom. The van der Waals surface area contributed by atoms with Crippen LogP contribution in [0.1, 0.15) is 6.42 Å². The zero-order chi connectivity index (χ0) is 11.5. The highest BCUT2D eigenvalue weighted by Gasteiger charge is 2.28. The molecule has 0 saturated carbocycles. The molecule has 0 aliphatic heterocycles. The Morgan fingerprint density at radius 2 is 2.20 bits per heavy atom. The van der Waals surface area contributed by atoms with Crippen molar-refractivity contribution in [2.75, 3.05) is 13.6 Å². The molecule has 0 bridgehead atoms. The number of carbonyl (C=O) groups is 1. The molecule has 1 aromatic rings. The van der Waals surface area contributed by atoms with Crippen LogP contribution < -0.4 is 0 Å². The van der Waals surface area contributed by atoms with Gasteiger partial charge in [0.25, 0.3) is 0 Å². The number of amides is 1. The van der Waals surface area contributed by atoms with Gasteiger partial charge in [0.05, 0.1) is 6.42 Å². The molecule has 84 valence electrons. The molecule has 0 radical (unpaired) electrons. The Balaban J connectivity index is 2.48. The Hall–Kier alpha value is -1.53. The fourth-order valence-corrected chi connectivity index (χ4v) is 0.960. The zero-order valence-electron chi connectivity index (χ0n) is 8.03. The normalized spacial score (nSPS) is 11.5. The standard InChI is InChI=1S/C8H10F3N3O/c1-13(4-2-8(9,10)11)7(15)14-5-3-12-6-14/h3,5-6H,2,4H2,1H3. The summed E-state index contributed by atoms with van der Waals surface area (Å²) in [5.41, 5.74) is 0. The quantitative estimate of drug-likeness (QED) is 0.762. The van der Waals surface area contributed by atoms with Gasteiger partial charge in [-0.3, -0.25) is 4.57 Å². The molecular formula is C8H10F3N3O. The molecule has 0 N–H and O–H groups in total. The highest BCUT2D eigenvalue weighted by molar-refractivity contribution is 5.76. The molecule has 1 amide bonds. The van der Waals surface area contributed by atoms with Crippen molar-refractivity contribution in [2.24, 2.45) is 0 Å². The van der Waals surface area contributed by atoms with E-state index in [1.54, 1.807) is 0 Å². The summed E-state index contributed by atoms with van der Waals surface area (Å²) in [6.45, 7) is -0.361. The Labute approximate surface area is 84.3 Å². The number of alkyl halides is 3. The predicted octanol–water partition coefficient (Wildman–Crippen LogP) is 1.74. The summed E-state index contributed by atoms with van der Waals surface area (Å²) < 4.78 is 36.7. The van der Waals surface area contributed by atoms with Crippen molar-refractivity contribution in [1.29, 1.82) is 0 Å². The number of hydrogen-bond donors (Lipinski definition) is 0. The van der Waals surface area contributed by atoms with Crippen LogP contribution in [-0.4, -0.2) is 40.3 Å². The van der Waals surface area contributed by atoms with Gasteiger partial charge in [0, 0.05) is 26.0 Å². The smallest absolute Gasteiger partial charge is 0.327 e. The van der Waals surface area contributed by atoms with Crippen molar-refractivity contribution in [1.82, 2.24) is 14.5 Å². The van der Waals surface area contributed by atoms with Crippen LogP contribution in [0.4, 0.5) is 18.0 Å². The summed E-state index contributed by atoms with van der Waals surface area (Å²) in [6.07, 6.45) is -1.25. The summed E-state index contributed by atoms with van der Waals surface area (Å²) in [5.74, 6) is 0. The van der Waals surface area contributed by atoms with Gasteiger partial charge in [-0.25, -0.2) is 9.78 Å². The SMILES string of the molecule is CN(CCC(F)(F)F)C(=O)n1ccnc1. The molecule has 4 nitrogen and oxygen atoms in total. The molecule has 0 fully saturated rings. The maximum atomic E-state index is 11.9. The third kappa shape index (κ3) is 3.61. The Kier molecular flexibility index (Phi) is 3.33. The number of nitrogens with zero attached hydrogens (tertiary/aromatic N) is 3. The Morgan fingerprint density at radius 3 is 2.67 bits per heavy atom. The van der Waals surface area contributed by atoms with Gasteiger partial charge in [-0.15, -0.1) is 0 Å². The molecule has 0 aromatic carbocycles. The number of hydrogen-bond acceptors (Lipinski definition) is 2. The largest absolute Gasteiger partial charge is 0.390 e. The van der Waals surface area contributed by atoms with E-state index in [-0.39, 0.29) is 6.54 Å². The van der Waals surface area contributed by atoms with E-state index in [9.17, 15) is 18.0 Å². The minimum absolute atomic E-state index is 0.361. The Bertz CT molecular complexity index is 320. The molecular weight excluding hydrogens is 211 g/mol. The second-order valence-corrected chi connectivity index (χ2v) is 3.04. The lowest BCUT2D eigenvalue weighted by atomic mass is 10.4. The first-order valence-electron chi connectivity index (χ1n) is 4.20. The predicted molar refractivity (Wildman–Crippen MR) is 46.3 cm³/mol. The van der Waals surface area contributed by atoms with Crippen LogP contribution in [0.5, 0.6) is 0 Å². The summed E-state index contributed by atoms with van der Waals surface area (Å²) in [6, 6.07) is -0.531. The lowest BCUT2D eigenvalue weighted by Gasteiger charge is -2.17. The third-order valence-corrected chi connectivity index (χ3v) is 1.78. The van der Waals surface area contributed by atoms with Gasteiger partial charge in [-0.05, 0) is 0 Å². The maximum Gasteiger partial charge on any atom is 0.390 e. The number of rotatable bonds is 2. The van der Waals surface area contributed by atoms with E-state index in [2.05, 4.69) is 4.98 Å². The monoisotopic (exact) mass is 221 g/mol. The summed E-state index contributed by atoms with van der Waals surface area (Å²) in [5, 5.41) is 0. The van der Waals surface area contributed by atoms with Gasteiger partial charge >= 0.3 is 12.2 Å². The first kappa shape index (κ1) is 11.5. The zero-order valence-corrected chi connectivity index (χ0v) is 8.03. The number of aromatic nitrogens is 2. The van der Waals surface area contributed by atoms with Gasteiger partial charge in [0.2, 0.25) is 0 Å². The summed E-state index contributed by atoms with van der Waals surface area (Å²) >= 11 is 0. The van der Waals surface area contributed by atoms with Crippen LogP contribution in [0, 0.1) is 0 Å². The first-order valence-corrected chi connectivity index (χ1v) is 4.20. The number of imidazole rings is 1. The lowest BCUT2D eigenvalue weighted by Crippen LogP contribution is -2.33. The van der Waals surface area contributed by atoms with Crippen LogP contribution >= 0.6 is 0 Å². The van der Waals surface area contributed by atoms with Crippen molar-refractivity contribution in [2.45, 2.75) is 12.6 Å². The van der Waals surface area contributed by atoms with E-state index in [0.29, 0.717) is 0 Å². The molecule has 0 aliphatic carbocycles. The fourth-order valence-electron chi connectivity index (χ4n) is 0.960. The average molecular weight is 221 g/mol. The van der Waals surface area contributed by atoms with Crippen molar-refractivity contribution < 1.29 is 18.0 Å². The van der Waals surface area contributed by atoms with Crippen LogP contribution in [0.3, 0.4) is 0 Å². The van der Waals surface area contributed by atoms with Crippen LogP contribution in [0.2, 0.25) is 0 Å². The minimum atomic E-state index is -4.25. The molecule has 0 saturated heterocycles. The molecule has 0 atom stereocenters. The topological polar surface area (TPSA) is 38.1 Å². The molecule has 1 heterocycles. The van der Waals surface area contributed by atoms with Gasteiger partial charge in [-0.1, -0.05) is 0 Å². The molecule has 1 aromatic heterocycles. The number of carbonyl (C=O) groups excluding carboxylic acids is 1. The highest BCUT2D eigenvalue weighted by Crippen LogP contribution is 2.19. The van der Waals surface area contributed by atoms with Crippen molar-refractivity contribution in [3.63, 3.8) is 0 Å². The van der Waals surface area contributed by atoms with E-state index >= 15 is 0 Å². The third-order valence-electron chi connectivity index (χ3n) is 1.78. The molecule has 15 heavy (non-hydrogen) atoms. The second-order valence-electron chi connectivity index (χ2n) is 3.04. The van der Waals surface area contributed by atoms with E-state index in [4.69, 9.17) is 0 Å². The van der Waals surface area contributed by atoms with Gasteiger partial charge in [0.15, 0.2) is 0 Å². The molecule has 1 rings (SSSR count). The highest BCUT2D eigenvalue weighted by atomic mass is 19.4. The van der Waals surface area contributed by atoms with Gasteiger partial charge < -0.3 is 4.90 Å². The van der Waals surface area contributed by atoms with Crippen LogP contribution in [0.25, 0.3) is 0 Å². The van der Waals surface area contributed by atoms with Crippen LogP contribution in [-0.2, 0) is 0 Å². The van der Waals surface area contributed by atoms with Crippen molar-refractivity contribution in [3.8, 4) is 0 Å². The number of halogens is 3. The molecule has 0 aliphatic rings. The van der Waals surface area contributed by atoms with Crippen molar-refractivity contribution >= 4 is 6.03 Å². The van der Waals surface area contributed by atoms with Gasteiger partial charge in [-0.2, -0.15) is 13.2 Å². The van der Waals surface area contributed by atoms with Crippen LogP contribution in [0.15, 0.2) is 18.7 Å². The molecule has 7 heteroatoms. The van der Waals surface area contributed by atoms with E-state index in [1.165, 1.54) is 25.8 Å². The summed E-state index contributed by atoms with van der Waals surface area (Å²) in [4.78, 5) is 16.0. The van der Waals surface area contributed by atoms with E-state index < -0.39 is 18.6 Å². The van der Waals surface area contributed by atoms with E-state index in [1.807, 2.05) is 0 Å². The summed E-state index contributed by atoms with van der Waals surface area (Å²) in [7, 11) is 1.31. The second kappa shape index (κ2) is 4.33. The van der Waals surface area contributed by atoms with Crippen molar-refractivity contribution in [3.05, 3.63) is 18.7 Å². The molecule has 0 unspecified atom stereocenters. The first-order chi connectivity index (χ1) is 6.90.